The Hall–Kier alpha value is -1.89. The van der Waals surface area contributed by atoms with E-state index in [9.17, 15) is 15.0 Å². The zero-order chi connectivity index (χ0) is 15.7. The van der Waals surface area contributed by atoms with Crippen molar-refractivity contribution in [1.29, 1.82) is 0 Å². The molecular weight excluding hydrogens is 284 g/mol. The number of carboxylic acid groups (broad SMARTS) is 1. The summed E-state index contributed by atoms with van der Waals surface area (Å²) >= 11 is 0. The fourth-order valence-electron chi connectivity index (χ4n) is 3.33. The minimum absolute atomic E-state index is 0.116. The summed E-state index contributed by atoms with van der Waals surface area (Å²) in [5.41, 5.74) is -0.716. The van der Waals surface area contributed by atoms with Crippen LogP contribution in [0.1, 0.15) is 26.2 Å². The quantitative estimate of drug-likeness (QED) is 0.848. The lowest BCUT2D eigenvalue weighted by atomic mass is 9.90. The zero-order valence-corrected chi connectivity index (χ0v) is 12.8. The maximum Gasteiger partial charge on any atom is 0.311 e. The molecular formula is C15H22N4O3. The van der Waals surface area contributed by atoms with Crippen molar-refractivity contribution in [3.05, 3.63) is 12.4 Å². The molecule has 3 rings (SSSR count). The van der Waals surface area contributed by atoms with Gasteiger partial charge in [-0.3, -0.25) is 4.79 Å². The fraction of sp³-hybridized carbons (Fsp3) is 0.667. The number of carboxylic acids is 1. The van der Waals surface area contributed by atoms with Crippen LogP contribution in [0, 0.1) is 5.41 Å². The molecule has 7 nitrogen and oxygen atoms in total. The average molecular weight is 306 g/mol. The van der Waals surface area contributed by atoms with E-state index in [0.717, 1.165) is 31.0 Å². The van der Waals surface area contributed by atoms with Gasteiger partial charge in [0.1, 0.15) is 18.0 Å². The molecule has 2 unspecified atom stereocenters. The molecule has 2 atom stereocenters. The van der Waals surface area contributed by atoms with Crippen molar-refractivity contribution in [3.63, 3.8) is 0 Å². The van der Waals surface area contributed by atoms with Gasteiger partial charge in [0.25, 0.3) is 0 Å². The van der Waals surface area contributed by atoms with Crippen LogP contribution in [-0.4, -0.2) is 58.4 Å². The summed E-state index contributed by atoms with van der Waals surface area (Å²) in [4.78, 5) is 24.1. The second kappa shape index (κ2) is 5.72. The van der Waals surface area contributed by atoms with Crippen LogP contribution < -0.4 is 9.80 Å². The number of anilines is 2. The minimum atomic E-state index is -0.760. The molecule has 1 aromatic heterocycles. The van der Waals surface area contributed by atoms with E-state index in [1.165, 1.54) is 6.33 Å². The van der Waals surface area contributed by atoms with E-state index in [4.69, 9.17) is 0 Å². The Morgan fingerprint density at radius 2 is 2.18 bits per heavy atom. The molecule has 0 radical (unpaired) electrons. The second-order valence-corrected chi connectivity index (χ2v) is 6.44. The molecule has 1 aromatic rings. The van der Waals surface area contributed by atoms with Crippen LogP contribution in [-0.2, 0) is 4.79 Å². The van der Waals surface area contributed by atoms with Gasteiger partial charge in [0, 0.05) is 25.7 Å². The zero-order valence-electron chi connectivity index (χ0n) is 12.8. The number of carbonyl (C=O) groups is 1. The Morgan fingerprint density at radius 3 is 2.86 bits per heavy atom. The van der Waals surface area contributed by atoms with Crippen molar-refractivity contribution in [2.24, 2.45) is 5.41 Å². The first-order valence-corrected chi connectivity index (χ1v) is 7.71. The highest BCUT2D eigenvalue weighted by atomic mass is 16.4. The maximum absolute atomic E-state index is 11.4. The van der Waals surface area contributed by atoms with Crippen LogP contribution in [0.2, 0.25) is 0 Å². The van der Waals surface area contributed by atoms with Gasteiger partial charge in [-0.1, -0.05) is 0 Å². The number of aromatic nitrogens is 2. The van der Waals surface area contributed by atoms with Crippen LogP contribution in [0.5, 0.6) is 0 Å². The smallest absolute Gasteiger partial charge is 0.311 e. The van der Waals surface area contributed by atoms with Gasteiger partial charge in [-0.15, -0.1) is 0 Å². The lowest BCUT2D eigenvalue weighted by molar-refractivity contribution is -0.146. The van der Waals surface area contributed by atoms with Crippen LogP contribution in [0.25, 0.3) is 0 Å². The average Bonchev–Trinajstić information content (AvgIpc) is 3.14. The molecule has 120 valence electrons. The van der Waals surface area contributed by atoms with Crippen LogP contribution >= 0.6 is 0 Å². The van der Waals surface area contributed by atoms with E-state index in [1.54, 1.807) is 6.92 Å². The van der Waals surface area contributed by atoms with E-state index in [2.05, 4.69) is 14.9 Å². The van der Waals surface area contributed by atoms with Crippen LogP contribution in [0.4, 0.5) is 11.6 Å². The third kappa shape index (κ3) is 2.61. The number of rotatable bonds is 4. The van der Waals surface area contributed by atoms with E-state index >= 15 is 0 Å². The molecule has 2 aliphatic heterocycles. The Morgan fingerprint density at radius 1 is 1.41 bits per heavy atom. The molecule has 2 saturated heterocycles. The van der Waals surface area contributed by atoms with Gasteiger partial charge < -0.3 is 20.0 Å². The molecule has 7 heteroatoms. The standard InChI is InChI=1S/C15H22N4O3/c1-15(14(21)22)4-6-18(9-15)12-7-13(17-10-16-12)19-5-2-3-11(19)8-20/h7,10-11,20H,2-6,8-9H2,1H3,(H,21,22). The van der Waals surface area contributed by atoms with Crippen LogP contribution in [0.15, 0.2) is 12.4 Å². The maximum atomic E-state index is 11.4. The normalized spacial score (nSPS) is 28.4. The van der Waals surface area contributed by atoms with Gasteiger partial charge >= 0.3 is 5.97 Å². The van der Waals surface area contributed by atoms with Crippen molar-refractivity contribution >= 4 is 17.6 Å². The first-order chi connectivity index (χ1) is 10.5. The predicted octanol–water partition coefficient (Wildman–Crippen LogP) is 0.739. The molecule has 2 fully saturated rings. The number of aliphatic hydroxyl groups excluding tert-OH is 1. The molecule has 0 aliphatic carbocycles. The van der Waals surface area contributed by atoms with E-state index in [1.807, 2.05) is 11.0 Å². The van der Waals surface area contributed by atoms with E-state index < -0.39 is 11.4 Å². The third-order valence-corrected chi connectivity index (χ3v) is 4.83. The molecule has 0 saturated carbocycles. The summed E-state index contributed by atoms with van der Waals surface area (Å²) in [6.45, 7) is 3.93. The number of aliphatic hydroxyl groups is 1. The second-order valence-electron chi connectivity index (χ2n) is 6.44. The van der Waals surface area contributed by atoms with Gasteiger partial charge in [0.15, 0.2) is 0 Å². The summed E-state index contributed by atoms with van der Waals surface area (Å²) in [5, 5.41) is 18.8. The van der Waals surface area contributed by atoms with Gasteiger partial charge in [0.05, 0.1) is 18.1 Å². The molecule has 3 heterocycles. The summed E-state index contributed by atoms with van der Waals surface area (Å²) < 4.78 is 0. The van der Waals surface area contributed by atoms with Gasteiger partial charge in [-0.25, -0.2) is 9.97 Å². The minimum Gasteiger partial charge on any atom is -0.481 e. The summed E-state index contributed by atoms with van der Waals surface area (Å²) in [6.07, 6.45) is 4.15. The number of aliphatic carboxylic acids is 1. The van der Waals surface area contributed by atoms with Crippen molar-refractivity contribution in [2.45, 2.75) is 32.2 Å². The molecule has 2 aliphatic rings. The molecule has 0 bridgehead atoms. The first-order valence-electron chi connectivity index (χ1n) is 7.71. The lowest BCUT2D eigenvalue weighted by Crippen LogP contribution is -2.34. The summed E-state index contributed by atoms with van der Waals surface area (Å²) in [5.74, 6) is 0.813. The molecule has 0 aromatic carbocycles. The number of hydrogen-bond donors (Lipinski definition) is 2. The lowest BCUT2D eigenvalue weighted by Gasteiger charge is -2.26. The molecule has 2 N–H and O–H groups in total. The Balaban J connectivity index is 1.79. The predicted molar refractivity (Wildman–Crippen MR) is 82.1 cm³/mol. The topological polar surface area (TPSA) is 89.8 Å². The van der Waals surface area contributed by atoms with Gasteiger partial charge in [0.2, 0.25) is 0 Å². The Labute approximate surface area is 129 Å². The molecule has 0 spiro atoms. The molecule has 0 amide bonds. The van der Waals surface area contributed by atoms with Crippen molar-refractivity contribution in [2.75, 3.05) is 36.0 Å². The highest BCUT2D eigenvalue weighted by Crippen LogP contribution is 2.34. The van der Waals surface area contributed by atoms with Gasteiger partial charge in [-0.05, 0) is 26.2 Å². The summed E-state index contributed by atoms with van der Waals surface area (Å²) in [7, 11) is 0. The first kappa shape index (κ1) is 15.0. The largest absolute Gasteiger partial charge is 0.481 e. The monoisotopic (exact) mass is 306 g/mol. The van der Waals surface area contributed by atoms with Crippen molar-refractivity contribution in [3.8, 4) is 0 Å². The van der Waals surface area contributed by atoms with Crippen molar-refractivity contribution < 1.29 is 15.0 Å². The Kier molecular flexibility index (Phi) is 3.90. The highest BCUT2D eigenvalue weighted by Gasteiger charge is 2.41. The van der Waals surface area contributed by atoms with E-state index in [0.29, 0.717) is 19.5 Å². The van der Waals surface area contributed by atoms with Crippen LogP contribution in [0.3, 0.4) is 0 Å². The fourth-order valence-corrected chi connectivity index (χ4v) is 3.33. The molecule has 22 heavy (non-hydrogen) atoms. The number of hydrogen-bond acceptors (Lipinski definition) is 6. The van der Waals surface area contributed by atoms with Gasteiger partial charge in [-0.2, -0.15) is 0 Å². The Bertz CT molecular complexity index is 567. The highest BCUT2D eigenvalue weighted by molar-refractivity contribution is 5.76. The number of nitrogens with zero attached hydrogens (tertiary/aromatic N) is 4. The third-order valence-electron chi connectivity index (χ3n) is 4.83. The van der Waals surface area contributed by atoms with Crippen molar-refractivity contribution in [1.82, 2.24) is 9.97 Å². The SMILES string of the molecule is CC1(C(=O)O)CCN(c2cc(N3CCCC3CO)ncn2)C1. The summed E-state index contributed by atoms with van der Waals surface area (Å²) in [6, 6.07) is 2.02. The van der Waals surface area contributed by atoms with E-state index in [-0.39, 0.29) is 12.6 Å².